The molecule has 0 fully saturated rings. The van der Waals surface area contributed by atoms with E-state index in [-0.39, 0.29) is 34.0 Å². The number of hydrogen-bond acceptors (Lipinski definition) is 6. The molecule has 0 saturated carbocycles. The lowest BCUT2D eigenvalue weighted by Crippen LogP contribution is -2.35. The van der Waals surface area contributed by atoms with Crippen molar-refractivity contribution < 1.29 is 21.6 Å². The highest BCUT2D eigenvalue weighted by atomic mass is 79.9. The van der Waals surface area contributed by atoms with Gasteiger partial charge in [-0.3, -0.25) is 4.79 Å². The predicted octanol–water partition coefficient (Wildman–Crippen LogP) is 1.16. The molecule has 0 spiro atoms. The summed E-state index contributed by atoms with van der Waals surface area (Å²) in [6.07, 6.45) is 0. The van der Waals surface area contributed by atoms with Gasteiger partial charge in [0, 0.05) is 28.5 Å². The van der Waals surface area contributed by atoms with Crippen molar-refractivity contribution in [1.82, 2.24) is 14.4 Å². The van der Waals surface area contributed by atoms with Gasteiger partial charge in [-0.25, -0.2) is 26.3 Å². The number of hydrogen-bond donors (Lipinski definition) is 4. The van der Waals surface area contributed by atoms with Crippen LogP contribution in [0.1, 0.15) is 16.1 Å². The Kier molecular flexibility index (Phi) is 6.48. The van der Waals surface area contributed by atoms with E-state index >= 15 is 0 Å². The van der Waals surface area contributed by atoms with Crippen LogP contribution in [0.2, 0.25) is 0 Å². The molecule has 0 atom stereocenters. The van der Waals surface area contributed by atoms with Gasteiger partial charge in [0.1, 0.15) is 10.6 Å². The molecule has 31 heavy (non-hydrogen) atoms. The average Bonchev–Trinajstić information content (AvgIpc) is 3.11. The zero-order valence-electron chi connectivity index (χ0n) is 15.7. The molecule has 2 aromatic carbocycles. The number of nitrogens with zero attached hydrogens (tertiary/aromatic N) is 1. The zero-order chi connectivity index (χ0) is 22.8. The highest BCUT2D eigenvalue weighted by molar-refractivity contribution is 9.10. The van der Waals surface area contributed by atoms with Crippen molar-refractivity contribution in [2.45, 2.75) is 9.79 Å². The van der Waals surface area contributed by atoms with Crippen LogP contribution in [0.15, 0.2) is 56.7 Å². The quantitative estimate of drug-likeness (QED) is 0.320. The molecule has 0 aliphatic heterocycles. The predicted molar refractivity (Wildman–Crippen MR) is 116 cm³/mol. The van der Waals surface area contributed by atoms with E-state index in [2.05, 4.69) is 30.4 Å². The topological polar surface area (TPSA) is 175 Å². The molecule has 3 rings (SSSR count). The van der Waals surface area contributed by atoms with E-state index < -0.39 is 26.0 Å². The molecule has 1 amide bonds. The summed E-state index contributed by atoms with van der Waals surface area (Å²) in [4.78, 5) is 14.1. The lowest BCUT2D eigenvalue weighted by Gasteiger charge is -2.09. The normalized spacial score (nSPS) is 12.0. The van der Waals surface area contributed by atoms with Crippen molar-refractivity contribution >= 4 is 52.8 Å². The fraction of sp³-hybridized carbons (Fsp3) is 0.111. The number of carbonyl (C=O) groups excluding carboxylic acids is 1. The third-order valence-corrected chi connectivity index (χ3v) is 7.75. The first-order valence-electron chi connectivity index (χ1n) is 8.66. The molecule has 1 heterocycles. The number of nitriles is 1. The van der Waals surface area contributed by atoms with Crippen LogP contribution in [0.25, 0.3) is 10.9 Å². The number of primary amides is 1. The Morgan fingerprint density at radius 2 is 1.65 bits per heavy atom. The third kappa shape index (κ3) is 4.94. The molecular weight excluding hydrogens is 510 g/mol. The van der Waals surface area contributed by atoms with Crippen molar-refractivity contribution in [2.24, 2.45) is 5.73 Å². The minimum Gasteiger partial charge on any atom is -0.364 e. The van der Waals surface area contributed by atoms with Crippen LogP contribution in [-0.2, 0) is 20.0 Å². The van der Waals surface area contributed by atoms with Crippen LogP contribution < -0.4 is 15.2 Å². The number of aromatic nitrogens is 1. The maximum Gasteiger partial charge on any atom is 0.266 e. The summed E-state index contributed by atoms with van der Waals surface area (Å²) in [5, 5.41) is 9.04. The van der Waals surface area contributed by atoms with Crippen LogP contribution in [0.4, 0.5) is 0 Å². The Morgan fingerprint density at radius 1 is 1.03 bits per heavy atom. The van der Waals surface area contributed by atoms with Gasteiger partial charge in [0.25, 0.3) is 5.91 Å². The van der Waals surface area contributed by atoms with Crippen molar-refractivity contribution in [2.75, 3.05) is 13.1 Å². The van der Waals surface area contributed by atoms with Gasteiger partial charge in [0.15, 0.2) is 0 Å². The minimum atomic E-state index is -4.20. The van der Waals surface area contributed by atoms with Gasteiger partial charge in [0.05, 0.1) is 16.5 Å². The van der Waals surface area contributed by atoms with Crippen LogP contribution in [0.5, 0.6) is 0 Å². The molecule has 0 bridgehead atoms. The summed E-state index contributed by atoms with van der Waals surface area (Å²) in [5.74, 6) is -0.950. The Labute approximate surface area is 186 Å². The first-order valence-corrected chi connectivity index (χ1v) is 12.4. The number of benzene rings is 2. The van der Waals surface area contributed by atoms with Gasteiger partial charge < -0.3 is 10.7 Å². The number of nitrogens with two attached hydrogens (primary N) is 1. The van der Waals surface area contributed by atoms with Crippen molar-refractivity contribution in [3.8, 4) is 6.07 Å². The van der Waals surface area contributed by atoms with Gasteiger partial charge in [-0.1, -0.05) is 15.9 Å². The number of fused-ring (bicyclic) bond motifs is 1. The van der Waals surface area contributed by atoms with Crippen LogP contribution in [-0.4, -0.2) is 40.8 Å². The summed E-state index contributed by atoms with van der Waals surface area (Å²) in [6.45, 7) is -0.532. The van der Waals surface area contributed by atoms with Gasteiger partial charge in [-0.2, -0.15) is 5.26 Å². The Hall–Kier alpha value is -2.76. The van der Waals surface area contributed by atoms with Gasteiger partial charge in [0.2, 0.25) is 20.0 Å². The smallest absolute Gasteiger partial charge is 0.266 e. The molecule has 0 radical (unpaired) electrons. The number of halogens is 1. The molecule has 1 aromatic heterocycles. The minimum absolute atomic E-state index is 0.0631. The molecule has 5 N–H and O–H groups in total. The van der Waals surface area contributed by atoms with E-state index in [0.29, 0.717) is 15.6 Å². The van der Waals surface area contributed by atoms with Gasteiger partial charge >= 0.3 is 0 Å². The second-order valence-corrected chi connectivity index (χ2v) is 10.7. The Balaban J connectivity index is 1.76. The number of carbonyl (C=O) groups is 1. The molecular formula is C18H16BrN5O5S2. The van der Waals surface area contributed by atoms with Crippen LogP contribution >= 0.6 is 15.9 Å². The maximum atomic E-state index is 12.8. The summed E-state index contributed by atoms with van der Waals surface area (Å²) in [7, 11) is -8.10. The Bertz CT molecular complexity index is 1410. The molecule has 0 unspecified atom stereocenters. The molecule has 13 heteroatoms. The summed E-state index contributed by atoms with van der Waals surface area (Å²) >= 11 is 3.26. The summed E-state index contributed by atoms with van der Waals surface area (Å²) in [5.41, 5.74) is 5.75. The number of amides is 1. The summed E-state index contributed by atoms with van der Waals surface area (Å²) < 4.78 is 55.4. The first-order chi connectivity index (χ1) is 14.5. The first kappa shape index (κ1) is 22.9. The Morgan fingerprint density at radius 3 is 2.23 bits per heavy atom. The van der Waals surface area contributed by atoms with E-state index in [4.69, 9.17) is 11.0 Å². The molecule has 0 aliphatic carbocycles. The molecule has 10 nitrogen and oxygen atoms in total. The summed E-state index contributed by atoms with van der Waals surface area (Å²) in [6, 6.07) is 11.9. The highest BCUT2D eigenvalue weighted by Gasteiger charge is 2.27. The van der Waals surface area contributed by atoms with E-state index in [1.54, 1.807) is 12.1 Å². The fourth-order valence-electron chi connectivity index (χ4n) is 2.83. The number of nitrogens with one attached hydrogen (secondary N) is 3. The van der Waals surface area contributed by atoms with Crippen LogP contribution in [0, 0.1) is 11.3 Å². The second kappa shape index (κ2) is 8.77. The second-order valence-electron chi connectivity index (χ2n) is 6.32. The van der Waals surface area contributed by atoms with Crippen molar-refractivity contribution in [3.05, 3.63) is 58.2 Å². The molecule has 3 aromatic rings. The van der Waals surface area contributed by atoms with E-state index in [0.717, 1.165) is 0 Å². The van der Waals surface area contributed by atoms with E-state index in [1.165, 1.54) is 30.3 Å². The fourth-order valence-corrected chi connectivity index (χ4v) is 5.61. The largest absolute Gasteiger partial charge is 0.364 e. The van der Waals surface area contributed by atoms with Gasteiger partial charge in [-0.15, -0.1) is 0 Å². The standard InChI is InChI=1S/C18H16BrN5O5S2/c19-12-3-6-15-14(9-12)17(16(24-15)18(21)25)31(28,29)23-8-7-22-30(26,27)13-4-1-11(10-20)2-5-13/h1-6,9,22-24H,7-8H2,(H2,21,25). The van der Waals surface area contributed by atoms with E-state index in [1.807, 2.05) is 6.07 Å². The van der Waals surface area contributed by atoms with Crippen molar-refractivity contribution in [3.63, 3.8) is 0 Å². The lowest BCUT2D eigenvalue weighted by atomic mass is 10.2. The lowest BCUT2D eigenvalue weighted by molar-refractivity contribution is 0.0993. The average molecular weight is 526 g/mol. The number of H-pyrrole nitrogens is 1. The molecule has 0 saturated heterocycles. The maximum absolute atomic E-state index is 12.8. The highest BCUT2D eigenvalue weighted by Crippen LogP contribution is 2.29. The monoisotopic (exact) mass is 525 g/mol. The third-order valence-electron chi connectivity index (χ3n) is 4.23. The van der Waals surface area contributed by atoms with E-state index in [9.17, 15) is 21.6 Å². The SMILES string of the molecule is N#Cc1ccc(S(=O)(=O)NCCNS(=O)(=O)c2c(C(N)=O)[nH]c3ccc(Br)cc23)cc1. The number of rotatable bonds is 8. The van der Waals surface area contributed by atoms with Gasteiger partial charge in [-0.05, 0) is 42.5 Å². The number of sulfonamides is 2. The molecule has 0 aliphatic rings. The zero-order valence-corrected chi connectivity index (χ0v) is 18.9. The van der Waals surface area contributed by atoms with Crippen LogP contribution in [0.3, 0.4) is 0 Å². The number of aromatic amines is 1. The molecule has 162 valence electrons. The van der Waals surface area contributed by atoms with Crippen molar-refractivity contribution in [1.29, 1.82) is 5.26 Å².